The Kier molecular flexibility index (Phi) is 4.49. The number of aliphatic hydroxyl groups excluding tert-OH is 1. The van der Waals surface area contributed by atoms with Crippen LogP contribution in [0.2, 0.25) is 0 Å². The van der Waals surface area contributed by atoms with E-state index in [1.807, 2.05) is 6.92 Å². The van der Waals surface area contributed by atoms with Gasteiger partial charge in [-0.25, -0.2) is 0 Å². The van der Waals surface area contributed by atoms with Crippen molar-refractivity contribution in [3.63, 3.8) is 0 Å². The fourth-order valence-corrected chi connectivity index (χ4v) is 2.02. The van der Waals surface area contributed by atoms with E-state index in [-0.39, 0.29) is 24.4 Å². The summed E-state index contributed by atoms with van der Waals surface area (Å²) in [7, 11) is 0. The van der Waals surface area contributed by atoms with E-state index in [9.17, 15) is 15.2 Å². The van der Waals surface area contributed by atoms with Crippen LogP contribution in [-0.2, 0) is 0 Å². The van der Waals surface area contributed by atoms with E-state index in [2.05, 4.69) is 5.32 Å². The van der Waals surface area contributed by atoms with Crippen molar-refractivity contribution in [3.8, 4) is 0 Å². The van der Waals surface area contributed by atoms with Crippen molar-refractivity contribution in [1.29, 1.82) is 0 Å². The highest BCUT2D eigenvalue weighted by Crippen LogP contribution is 2.22. The van der Waals surface area contributed by atoms with Crippen molar-refractivity contribution in [2.24, 2.45) is 0 Å². The molecule has 2 N–H and O–H groups in total. The maximum absolute atomic E-state index is 10.8. The van der Waals surface area contributed by atoms with Gasteiger partial charge in [0.2, 0.25) is 0 Å². The Morgan fingerprint density at radius 1 is 1.40 bits per heavy atom. The number of nitrogens with one attached hydrogen (secondary N) is 1. The molecule has 2 aromatic rings. The van der Waals surface area contributed by atoms with Crippen LogP contribution < -0.4 is 5.32 Å². The zero-order chi connectivity index (χ0) is 14.5. The average molecular weight is 276 g/mol. The zero-order valence-electron chi connectivity index (χ0n) is 11.0. The van der Waals surface area contributed by atoms with E-state index < -0.39 is 4.92 Å². The number of hydrogen-bond acceptors (Lipinski definition) is 5. The third-order valence-corrected chi connectivity index (χ3v) is 3.10. The van der Waals surface area contributed by atoms with Gasteiger partial charge in [0.15, 0.2) is 0 Å². The fourth-order valence-electron chi connectivity index (χ4n) is 2.02. The van der Waals surface area contributed by atoms with Crippen LogP contribution >= 0.6 is 0 Å². The molecule has 0 saturated heterocycles. The van der Waals surface area contributed by atoms with E-state index in [0.29, 0.717) is 5.76 Å². The first kappa shape index (κ1) is 14.2. The van der Waals surface area contributed by atoms with Crippen molar-refractivity contribution < 1.29 is 14.4 Å². The Balaban J connectivity index is 2.13. The molecule has 0 fully saturated rings. The van der Waals surface area contributed by atoms with Crippen molar-refractivity contribution in [1.82, 2.24) is 5.32 Å². The molecule has 6 heteroatoms. The lowest BCUT2D eigenvalue weighted by Gasteiger charge is -2.20. The van der Waals surface area contributed by atoms with Gasteiger partial charge in [-0.3, -0.25) is 15.4 Å². The number of rotatable bonds is 6. The SMILES string of the molecule is CC(NC(CO)c1ccco1)c1cccc([N+](=O)[O-])c1. The molecule has 1 aromatic carbocycles. The van der Waals surface area contributed by atoms with Gasteiger partial charge in [-0.1, -0.05) is 12.1 Å². The molecular formula is C14H16N2O4. The van der Waals surface area contributed by atoms with E-state index in [4.69, 9.17) is 4.42 Å². The molecule has 0 bridgehead atoms. The van der Waals surface area contributed by atoms with Crippen molar-refractivity contribution in [2.45, 2.75) is 19.0 Å². The first-order chi connectivity index (χ1) is 9.61. The van der Waals surface area contributed by atoms with E-state index in [1.54, 1.807) is 24.3 Å². The smallest absolute Gasteiger partial charge is 0.269 e. The molecule has 0 aliphatic heterocycles. The molecule has 0 spiro atoms. The highest BCUT2D eigenvalue weighted by molar-refractivity contribution is 5.35. The minimum absolute atomic E-state index is 0.0506. The summed E-state index contributed by atoms with van der Waals surface area (Å²) in [5, 5.41) is 23.4. The van der Waals surface area contributed by atoms with Gasteiger partial charge in [-0.05, 0) is 24.6 Å². The van der Waals surface area contributed by atoms with Gasteiger partial charge >= 0.3 is 0 Å². The lowest BCUT2D eigenvalue weighted by Crippen LogP contribution is -2.27. The Morgan fingerprint density at radius 2 is 2.20 bits per heavy atom. The fraction of sp³-hybridized carbons (Fsp3) is 0.286. The lowest BCUT2D eigenvalue weighted by molar-refractivity contribution is -0.384. The van der Waals surface area contributed by atoms with Gasteiger partial charge in [0.25, 0.3) is 5.69 Å². The number of furan rings is 1. The quantitative estimate of drug-likeness (QED) is 0.625. The summed E-state index contributed by atoms with van der Waals surface area (Å²) < 4.78 is 5.25. The number of benzene rings is 1. The number of nitrogens with zero attached hydrogens (tertiary/aromatic N) is 1. The Labute approximate surface area is 116 Å². The molecule has 0 aliphatic carbocycles. The van der Waals surface area contributed by atoms with Gasteiger partial charge in [-0.15, -0.1) is 0 Å². The van der Waals surface area contributed by atoms with Gasteiger partial charge in [0.1, 0.15) is 5.76 Å². The second-order valence-electron chi connectivity index (χ2n) is 4.49. The molecule has 2 rings (SSSR count). The van der Waals surface area contributed by atoms with Gasteiger partial charge in [0.05, 0.1) is 23.8 Å². The van der Waals surface area contributed by atoms with Crippen LogP contribution in [0.5, 0.6) is 0 Å². The van der Waals surface area contributed by atoms with Crippen LogP contribution in [0.1, 0.15) is 30.3 Å². The Hall–Kier alpha value is -2.18. The summed E-state index contributed by atoms with van der Waals surface area (Å²) in [5.74, 6) is 0.629. The largest absolute Gasteiger partial charge is 0.468 e. The highest BCUT2D eigenvalue weighted by Gasteiger charge is 2.18. The maximum atomic E-state index is 10.8. The van der Waals surface area contributed by atoms with Gasteiger partial charge in [0, 0.05) is 18.2 Å². The zero-order valence-corrected chi connectivity index (χ0v) is 11.0. The Morgan fingerprint density at radius 3 is 2.80 bits per heavy atom. The van der Waals surface area contributed by atoms with Crippen molar-refractivity contribution >= 4 is 5.69 Å². The highest BCUT2D eigenvalue weighted by atomic mass is 16.6. The maximum Gasteiger partial charge on any atom is 0.269 e. The molecular weight excluding hydrogens is 260 g/mol. The molecule has 2 atom stereocenters. The summed E-state index contributed by atoms with van der Waals surface area (Å²) in [5.41, 5.74) is 0.832. The van der Waals surface area contributed by atoms with Gasteiger partial charge in [-0.2, -0.15) is 0 Å². The molecule has 1 aromatic heterocycles. The molecule has 1 heterocycles. The molecule has 106 valence electrons. The molecule has 0 amide bonds. The minimum Gasteiger partial charge on any atom is -0.468 e. The average Bonchev–Trinajstić information content (AvgIpc) is 2.98. The first-order valence-electron chi connectivity index (χ1n) is 6.26. The van der Waals surface area contributed by atoms with Crippen LogP contribution in [-0.4, -0.2) is 16.6 Å². The minimum atomic E-state index is -0.424. The van der Waals surface area contributed by atoms with Gasteiger partial charge < -0.3 is 9.52 Å². The number of nitro groups is 1. The molecule has 0 saturated carbocycles. The molecule has 0 aliphatic rings. The predicted octanol–water partition coefficient (Wildman–Crippen LogP) is 2.57. The molecule has 6 nitrogen and oxygen atoms in total. The second-order valence-corrected chi connectivity index (χ2v) is 4.49. The van der Waals surface area contributed by atoms with Crippen molar-refractivity contribution in [2.75, 3.05) is 6.61 Å². The monoisotopic (exact) mass is 276 g/mol. The van der Waals surface area contributed by atoms with Crippen LogP contribution in [0.25, 0.3) is 0 Å². The summed E-state index contributed by atoms with van der Waals surface area (Å²) in [6.45, 7) is 1.76. The molecule has 0 radical (unpaired) electrons. The van der Waals surface area contributed by atoms with E-state index in [0.717, 1.165) is 5.56 Å². The van der Waals surface area contributed by atoms with E-state index >= 15 is 0 Å². The number of hydrogen-bond donors (Lipinski definition) is 2. The summed E-state index contributed by atoms with van der Waals surface area (Å²) in [6, 6.07) is 9.44. The first-order valence-corrected chi connectivity index (χ1v) is 6.26. The van der Waals surface area contributed by atoms with Crippen molar-refractivity contribution in [3.05, 3.63) is 64.1 Å². The number of nitro benzene ring substituents is 1. The number of aliphatic hydroxyl groups is 1. The normalized spacial score (nSPS) is 13.9. The Bertz CT molecular complexity index is 568. The molecule has 2 unspecified atom stereocenters. The van der Waals surface area contributed by atoms with Crippen LogP contribution in [0.3, 0.4) is 0 Å². The topological polar surface area (TPSA) is 88.5 Å². The summed E-state index contributed by atoms with van der Waals surface area (Å²) >= 11 is 0. The van der Waals surface area contributed by atoms with Crippen LogP contribution in [0.4, 0.5) is 5.69 Å². The number of non-ortho nitro benzene ring substituents is 1. The van der Waals surface area contributed by atoms with Crippen LogP contribution in [0.15, 0.2) is 47.1 Å². The summed E-state index contributed by atoms with van der Waals surface area (Å²) in [6.07, 6.45) is 1.54. The molecule has 20 heavy (non-hydrogen) atoms. The van der Waals surface area contributed by atoms with E-state index in [1.165, 1.54) is 18.4 Å². The lowest BCUT2D eigenvalue weighted by atomic mass is 10.1. The predicted molar refractivity (Wildman–Crippen MR) is 73.2 cm³/mol. The standard InChI is InChI=1S/C14H16N2O4/c1-10(11-4-2-5-12(8-11)16(18)19)15-13(9-17)14-6-3-7-20-14/h2-8,10,13,15,17H,9H2,1H3. The van der Waals surface area contributed by atoms with Crippen LogP contribution in [0, 0.1) is 10.1 Å². The summed E-state index contributed by atoms with van der Waals surface area (Å²) in [4.78, 5) is 10.3. The second kappa shape index (κ2) is 6.31. The third kappa shape index (κ3) is 3.23. The third-order valence-electron chi connectivity index (χ3n) is 3.10.